The van der Waals surface area contributed by atoms with Crippen LogP contribution in [0, 0.1) is 6.92 Å². The van der Waals surface area contributed by atoms with Crippen LogP contribution in [0.4, 0.5) is 13.2 Å². The summed E-state index contributed by atoms with van der Waals surface area (Å²) >= 11 is 0. The number of halogens is 3. The van der Waals surface area contributed by atoms with E-state index in [4.69, 9.17) is 0 Å². The largest absolute Gasteiger partial charge is 1.00 e. The quantitative estimate of drug-likeness (QED) is 0.356. The minimum absolute atomic E-state index is 0. The van der Waals surface area contributed by atoms with Crippen LogP contribution in [0.3, 0.4) is 0 Å². The van der Waals surface area contributed by atoms with Crippen molar-refractivity contribution in [1.29, 1.82) is 0 Å². The van der Waals surface area contributed by atoms with Crippen LogP contribution < -0.4 is 29.6 Å². The molecular formula is C20H16F3N2NaO2S. The number of hydrogen-bond donors (Lipinski definition) is 0. The first-order valence-electron chi connectivity index (χ1n) is 8.26. The molecule has 146 valence electrons. The maximum absolute atomic E-state index is 13.2. The van der Waals surface area contributed by atoms with E-state index in [1.54, 1.807) is 24.3 Å². The van der Waals surface area contributed by atoms with E-state index in [0.29, 0.717) is 16.8 Å². The average molecular weight is 428 g/mol. The van der Waals surface area contributed by atoms with Crippen molar-refractivity contribution in [3.05, 3.63) is 84.1 Å². The molecule has 3 rings (SSSR count). The van der Waals surface area contributed by atoms with Crippen molar-refractivity contribution in [1.82, 2.24) is 9.78 Å². The fourth-order valence-electron chi connectivity index (χ4n) is 2.78. The number of alkyl halides is 3. The molecule has 0 aliphatic carbocycles. The molecule has 1 heterocycles. The van der Waals surface area contributed by atoms with E-state index in [9.17, 15) is 21.6 Å². The Morgan fingerprint density at radius 3 is 2.14 bits per heavy atom. The van der Waals surface area contributed by atoms with E-state index in [2.05, 4.69) is 11.7 Å². The zero-order chi connectivity index (χ0) is 20.5. The summed E-state index contributed by atoms with van der Waals surface area (Å²) < 4.78 is 63.4. The molecule has 0 saturated carbocycles. The Hall–Kier alpha value is -1.87. The molecule has 1 aromatic heterocycles. The first kappa shape index (κ1) is 23.4. The van der Waals surface area contributed by atoms with Gasteiger partial charge in [0.05, 0.1) is 11.4 Å². The minimum atomic E-state index is -4.59. The molecule has 0 aliphatic rings. The van der Waals surface area contributed by atoms with Gasteiger partial charge in [-0.1, -0.05) is 64.3 Å². The first-order valence-corrected chi connectivity index (χ1v) is 9.40. The molecule has 4 nitrogen and oxygen atoms in total. The van der Waals surface area contributed by atoms with E-state index in [1.165, 1.54) is 35.0 Å². The van der Waals surface area contributed by atoms with Crippen LogP contribution in [-0.2, 0) is 25.3 Å². The smallest absolute Gasteiger partial charge is 0.423 e. The second-order valence-corrected chi connectivity index (χ2v) is 7.23. The van der Waals surface area contributed by atoms with Crippen LogP contribution >= 0.6 is 0 Å². The molecular weight excluding hydrogens is 412 g/mol. The van der Waals surface area contributed by atoms with E-state index in [-0.39, 0.29) is 35.3 Å². The van der Waals surface area contributed by atoms with Gasteiger partial charge in [0.2, 0.25) is 0 Å². The minimum Gasteiger partial charge on any atom is -0.423 e. The second-order valence-electron chi connectivity index (χ2n) is 6.20. The maximum atomic E-state index is 13.2. The zero-order valence-electron chi connectivity index (χ0n) is 15.8. The molecule has 0 spiro atoms. The summed E-state index contributed by atoms with van der Waals surface area (Å²) in [6.45, 7) is 5.38. The molecule has 0 N–H and O–H groups in total. The summed E-state index contributed by atoms with van der Waals surface area (Å²) in [5, 5.41) is 2.84. The van der Waals surface area contributed by atoms with Crippen molar-refractivity contribution < 1.29 is 51.1 Å². The van der Waals surface area contributed by atoms with Crippen molar-refractivity contribution in [3.8, 4) is 16.9 Å². The molecule has 29 heavy (non-hydrogen) atoms. The molecule has 0 amide bonds. The van der Waals surface area contributed by atoms with Gasteiger partial charge in [0.15, 0.2) is 5.69 Å². The molecule has 0 bridgehead atoms. The van der Waals surface area contributed by atoms with Crippen molar-refractivity contribution in [2.75, 3.05) is 0 Å². The van der Waals surface area contributed by atoms with Crippen LogP contribution in [0.2, 0.25) is 0 Å². The van der Waals surface area contributed by atoms with E-state index in [1.807, 2.05) is 6.92 Å². The van der Waals surface area contributed by atoms with Crippen molar-refractivity contribution in [2.24, 2.45) is 0 Å². The Morgan fingerprint density at radius 2 is 1.66 bits per heavy atom. The van der Waals surface area contributed by atoms with Crippen LogP contribution in [-0.4, -0.2) is 9.78 Å². The Kier molecular flexibility index (Phi) is 7.50. The van der Waals surface area contributed by atoms with E-state index in [0.717, 1.165) is 11.6 Å². The molecule has 2 aromatic carbocycles. The number of aromatic nitrogens is 2. The fourth-order valence-corrected chi connectivity index (χ4v) is 3.31. The third-order valence-electron chi connectivity index (χ3n) is 4.23. The predicted octanol–water partition coefficient (Wildman–Crippen LogP) is 2.41. The normalized spacial score (nSPS) is 12.4. The van der Waals surface area contributed by atoms with Crippen LogP contribution in [0.5, 0.6) is 0 Å². The Labute approximate surface area is 190 Å². The van der Waals surface area contributed by atoms with Gasteiger partial charge in [0, 0.05) is 5.56 Å². The van der Waals surface area contributed by atoms with Gasteiger partial charge in [-0.3, -0.25) is 0 Å². The molecule has 3 aromatic rings. The fraction of sp³-hybridized carbons (Fsp3) is 0.150. The maximum Gasteiger partial charge on any atom is 1.00 e. The predicted molar refractivity (Wildman–Crippen MR) is 100 cm³/mol. The molecule has 1 unspecified atom stereocenters. The average Bonchev–Trinajstić information content (AvgIpc) is 3.09. The summed E-state index contributed by atoms with van der Waals surface area (Å²) in [7, 11) is -2.39. The third-order valence-corrected chi connectivity index (χ3v) is 5.11. The summed E-state index contributed by atoms with van der Waals surface area (Å²) in [4.78, 5) is 0. The first-order chi connectivity index (χ1) is 13.2. The molecule has 0 saturated heterocycles. The summed E-state index contributed by atoms with van der Waals surface area (Å²) in [5.41, 5.74) is 1.70. The monoisotopic (exact) mass is 428 g/mol. The van der Waals surface area contributed by atoms with Gasteiger partial charge in [-0.2, -0.15) is 18.3 Å². The van der Waals surface area contributed by atoms with E-state index >= 15 is 0 Å². The zero-order valence-corrected chi connectivity index (χ0v) is 18.6. The number of hydrogen-bond acceptors (Lipinski definition) is 4. The molecule has 1 atom stereocenters. The number of rotatable bonds is 5. The molecule has 0 fully saturated rings. The SMILES string of the molecule is C=CC(c1ccc(-n2nc(C(F)(F)F)cc2-c2ccc(C)cc2)cc1)[S-](=O)=O.[Na+]. The summed E-state index contributed by atoms with van der Waals surface area (Å²) in [6.07, 6.45) is -3.30. The molecule has 0 aliphatic heterocycles. The summed E-state index contributed by atoms with van der Waals surface area (Å²) in [6, 6.07) is 14.2. The van der Waals surface area contributed by atoms with Crippen LogP contribution in [0.15, 0.2) is 67.3 Å². The van der Waals surface area contributed by atoms with Crippen molar-refractivity contribution >= 4 is 10.7 Å². The Balaban J connectivity index is 0.00000300. The number of nitrogens with zero attached hydrogens (tertiary/aromatic N) is 2. The van der Waals surface area contributed by atoms with Crippen LogP contribution in [0.25, 0.3) is 16.9 Å². The Morgan fingerprint density at radius 1 is 1.07 bits per heavy atom. The van der Waals surface area contributed by atoms with Gasteiger partial charge in [-0.25, -0.2) is 4.68 Å². The van der Waals surface area contributed by atoms with Crippen LogP contribution in [0.1, 0.15) is 22.1 Å². The standard InChI is InChI=1S/C20H16F3N2O2S.Na/c1-3-18(28(26)27)15-8-10-16(11-9-15)25-17(12-19(24-25)20(21,22)23)14-6-4-13(2)5-7-14;/h3-12,18H,1H2,2H3;/q-1;+1. The van der Waals surface area contributed by atoms with Gasteiger partial charge >= 0.3 is 35.7 Å². The third kappa shape index (κ3) is 5.19. The Bertz CT molecular complexity index is 1060. The van der Waals surface area contributed by atoms with Crippen molar-refractivity contribution in [2.45, 2.75) is 18.3 Å². The van der Waals surface area contributed by atoms with Gasteiger partial charge in [-0.15, -0.1) is 6.58 Å². The number of benzene rings is 2. The van der Waals surface area contributed by atoms with Gasteiger partial charge in [0.1, 0.15) is 0 Å². The second kappa shape index (κ2) is 9.30. The number of aryl methyl sites for hydroxylation is 1. The van der Waals surface area contributed by atoms with Gasteiger partial charge < -0.3 is 8.42 Å². The van der Waals surface area contributed by atoms with Gasteiger partial charge in [-0.05, 0) is 30.4 Å². The van der Waals surface area contributed by atoms with Crippen molar-refractivity contribution in [3.63, 3.8) is 0 Å². The van der Waals surface area contributed by atoms with Gasteiger partial charge in [0.25, 0.3) is 0 Å². The molecule has 9 heteroatoms. The topological polar surface area (TPSA) is 52.0 Å². The molecule has 0 radical (unpaired) electrons. The van der Waals surface area contributed by atoms with E-state index < -0.39 is 27.8 Å². The summed E-state index contributed by atoms with van der Waals surface area (Å²) in [5.74, 6) is 0.